The summed E-state index contributed by atoms with van der Waals surface area (Å²) in [5.41, 5.74) is 0.740. The van der Waals surface area contributed by atoms with E-state index in [0.717, 1.165) is 48.9 Å². The molecule has 0 heterocycles. The van der Waals surface area contributed by atoms with Crippen LogP contribution >= 0.6 is 0 Å². The van der Waals surface area contributed by atoms with Gasteiger partial charge in [0.15, 0.2) is 0 Å². The van der Waals surface area contributed by atoms with Crippen LogP contribution < -0.4 is 0 Å². The van der Waals surface area contributed by atoms with E-state index in [1.165, 1.54) is 44.9 Å². The Kier molecular flexibility index (Phi) is 5.60. The van der Waals surface area contributed by atoms with E-state index in [9.17, 15) is 4.79 Å². The quantitative estimate of drug-likeness (QED) is 0.450. The van der Waals surface area contributed by atoms with Crippen LogP contribution in [-0.4, -0.2) is 5.78 Å². The lowest BCUT2D eigenvalue weighted by Crippen LogP contribution is -2.55. The fraction of sp³-hybridized carbons (Fsp3) is 0.889. The molecule has 1 nitrogen and oxygen atoms in total. The highest BCUT2D eigenvalue weighted by Gasteiger charge is 2.61. The Bertz CT molecular complexity index is 618. The lowest BCUT2D eigenvalue weighted by atomic mass is 9.45. The zero-order valence-electron chi connectivity index (χ0n) is 19.2. The summed E-state index contributed by atoms with van der Waals surface area (Å²) in [5.74, 6) is 5.75. The molecular weight excluding hydrogens is 340 g/mol. The van der Waals surface area contributed by atoms with Gasteiger partial charge in [0, 0.05) is 12.3 Å². The maximum Gasteiger partial charge on any atom is 0.137 e. The third-order valence-corrected chi connectivity index (χ3v) is 10.2. The lowest BCUT2D eigenvalue weighted by molar-refractivity contribution is -0.149. The van der Waals surface area contributed by atoms with E-state index in [1.807, 2.05) is 0 Å². The first-order valence-electron chi connectivity index (χ1n) is 12.4. The van der Waals surface area contributed by atoms with E-state index in [1.54, 1.807) is 0 Å². The Hall–Kier alpha value is -0.590. The third kappa shape index (κ3) is 3.24. The number of fused-ring (bicyclic) bond motifs is 5. The van der Waals surface area contributed by atoms with Crippen molar-refractivity contribution in [3.63, 3.8) is 0 Å². The first-order chi connectivity index (χ1) is 13.3. The van der Waals surface area contributed by atoms with Gasteiger partial charge in [0.05, 0.1) is 0 Å². The predicted molar refractivity (Wildman–Crippen MR) is 118 cm³/mol. The largest absolute Gasteiger partial charge is 0.299 e. The van der Waals surface area contributed by atoms with Crippen molar-refractivity contribution < 1.29 is 4.79 Å². The second-order valence-corrected chi connectivity index (χ2v) is 12.0. The van der Waals surface area contributed by atoms with E-state index in [2.05, 4.69) is 46.8 Å². The van der Waals surface area contributed by atoms with Gasteiger partial charge in [-0.05, 0) is 84.9 Å². The van der Waals surface area contributed by atoms with Crippen molar-refractivity contribution in [1.82, 2.24) is 0 Å². The van der Waals surface area contributed by atoms with Crippen LogP contribution in [0.3, 0.4) is 0 Å². The molecule has 4 rings (SSSR count). The Balaban J connectivity index is 1.51. The number of carbonyl (C=O) groups is 1. The molecule has 0 bridgehead atoms. The molecule has 0 radical (unpaired) electrons. The summed E-state index contributed by atoms with van der Waals surface area (Å²) in [7, 11) is 0. The van der Waals surface area contributed by atoms with Crippen LogP contribution in [0, 0.1) is 52.3 Å². The molecule has 0 N–H and O–H groups in total. The topological polar surface area (TPSA) is 17.1 Å². The monoisotopic (exact) mass is 384 g/mol. The Morgan fingerprint density at radius 3 is 2.50 bits per heavy atom. The van der Waals surface area contributed by atoms with Crippen LogP contribution in [-0.2, 0) is 4.79 Å². The molecule has 158 valence electrons. The number of allylic oxidation sites excluding steroid dienone is 2. The second kappa shape index (κ2) is 7.59. The maximum absolute atomic E-state index is 13.2. The van der Waals surface area contributed by atoms with Crippen molar-refractivity contribution >= 4 is 5.78 Å². The highest BCUT2D eigenvalue weighted by molar-refractivity contribution is 5.83. The molecular formula is C27H44O. The van der Waals surface area contributed by atoms with Crippen LogP contribution in [0.4, 0.5) is 0 Å². The molecule has 0 amide bonds. The van der Waals surface area contributed by atoms with E-state index in [4.69, 9.17) is 0 Å². The minimum atomic E-state index is 0.247. The first-order valence-corrected chi connectivity index (χ1v) is 12.4. The molecule has 8 atom stereocenters. The van der Waals surface area contributed by atoms with Crippen LogP contribution in [0.15, 0.2) is 12.2 Å². The molecule has 0 saturated heterocycles. The Morgan fingerprint density at radius 2 is 1.75 bits per heavy atom. The van der Waals surface area contributed by atoms with Crippen molar-refractivity contribution in [2.75, 3.05) is 0 Å². The summed E-state index contributed by atoms with van der Waals surface area (Å²) in [6.45, 7) is 12.4. The van der Waals surface area contributed by atoms with Crippen molar-refractivity contribution in [3.05, 3.63) is 12.2 Å². The second-order valence-electron chi connectivity index (χ2n) is 12.0. The van der Waals surface area contributed by atoms with Crippen LogP contribution in [0.5, 0.6) is 0 Å². The van der Waals surface area contributed by atoms with Gasteiger partial charge in [-0.25, -0.2) is 0 Å². The normalized spacial score (nSPS) is 46.2. The van der Waals surface area contributed by atoms with Gasteiger partial charge in [-0.3, -0.25) is 4.79 Å². The standard InChI is InChI=1S/C27H44O/c1-18(2)9-8-10-19(3)21-12-13-22-20-17-25(28)24-11-6-7-15-26(24,4)23(20)14-16-27(21,22)5/h6-7,18-24H,8-17H2,1-5H3. The van der Waals surface area contributed by atoms with Crippen LogP contribution in [0.2, 0.25) is 0 Å². The Labute approximate surface area is 174 Å². The van der Waals surface area contributed by atoms with Gasteiger partial charge in [0.25, 0.3) is 0 Å². The zero-order chi connectivity index (χ0) is 20.1. The van der Waals surface area contributed by atoms with E-state index < -0.39 is 0 Å². The molecule has 0 aromatic carbocycles. The molecule has 0 aromatic rings. The van der Waals surface area contributed by atoms with Crippen LogP contribution in [0.1, 0.15) is 98.8 Å². The van der Waals surface area contributed by atoms with E-state index in [0.29, 0.717) is 23.0 Å². The summed E-state index contributed by atoms with van der Waals surface area (Å²) in [6.07, 6.45) is 17.5. The number of ketones is 1. The van der Waals surface area contributed by atoms with Crippen molar-refractivity contribution in [1.29, 1.82) is 0 Å². The molecule has 4 aliphatic carbocycles. The van der Waals surface area contributed by atoms with Gasteiger partial charge in [0.1, 0.15) is 5.78 Å². The smallest absolute Gasteiger partial charge is 0.137 e. The number of hydrogen-bond donors (Lipinski definition) is 0. The number of Topliss-reactive ketones (excluding diaryl/α,β-unsaturated/α-hetero) is 1. The van der Waals surface area contributed by atoms with Gasteiger partial charge in [-0.2, -0.15) is 0 Å². The van der Waals surface area contributed by atoms with Gasteiger partial charge < -0.3 is 0 Å². The van der Waals surface area contributed by atoms with Crippen molar-refractivity contribution in [2.45, 2.75) is 98.8 Å². The van der Waals surface area contributed by atoms with Gasteiger partial charge in [-0.15, -0.1) is 0 Å². The van der Waals surface area contributed by atoms with E-state index in [-0.39, 0.29) is 5.41 Å². The van der Waals surface area contributed by atoms with Gasteiger partial charge in [-0.1, -0.05) is 66.0 Å². The minimum absolute atomic E-state index is 0.247. The molecule has 28 heavy (non-hydrogen) atoms. The molecule has 4 aliphatic rings. The summed E-state index contributed by atoms with van der Waals surface area (Å²) in [4.78, 5) is 13.2. The minimum Gasteiger partial charge on any atom is -0.299 e. The van der Waals surface area contributed by atoms with E-state index >= 15 is 0 Å². The lowest BCUT2D eigenvalue weighted by Gasteiger charge is -2.59. The average molecular weight is 385 g/mol. The highest BCUT2D eigenvalue weighted by Crippen LogP contribution is 2.67. The SMILES string of the molecule is CC(C)CCCC(C)C1CCC2C3CC(=O)C4CC=CCC4(C)C3CCC12C. The average Bonchev–Trinajstić information content (AvgIpc) is 2.99. The molecule has 1 heteroatoms. The predicted octanol–water partition coefficient (Wildman–Crippen LogP) is 7.45. The molecule has 3 saturated carbocycles. The summed E-state index contributed by atoms with van der Waals surface area (Å²) >= 11 is 0. The van der Waals surface area contributed by atoms with Crippen molar-refractivity contribution in [2.24, 2.45) is 52.3 Å². The van der Waals surface area contributed by atoms with Gasteiger partial charge in [0.2, 0.25) is 0 Å². The number of rotatable bonds is 5. The molecule has 0 aliphatic heterocycles. The molecule has 0 aromatic heterocycles. The molecule has 8 unspecified atom stereocenters. The maximum atomic E-state index is 13.2. The van der Waals surface area contributed by atoms with Gasteiger partial charge >= 0.3 is 0 Å². The van der Waals surface area contributed by atoms with Crippen molar-refractivity contribution in [3.8, 4) is 0 Å². The summed E-state index contributed by atoms with van der Waals surface area (Å²) in [6, 6.07) is 0. The zero-order valence-corrected chi connectivity index (χ0v) is 19.2. The Morgan fingerprint density at radius 1 is 1.00 bits per heavy atom. The molecule has 3 fully saturated rings. The van der Waals surface area contributed by atoms with Crippen LogP contribution in [0.25, 0.3) is 0 Å². The number of carbonyl (C=O) groups excluding carboxylic acids is 1. The molecule has 0 spiro atoms. The summed E-state index contributed by atoms with van der Waals surface area (Å²) < 4.78 is 0. The fourth-order valence-corrected chi connectivity index (χ4v) is 8.68. The first kappa shape index (κ1) is 20.7. The fourth-order valence-electron chi connectivity index (χ4n) is 8.68. The highest BCUT2D eigenvalue weighted by atomic mass is 16.1. The third-order valence-electron chi connectivity index (χ3n) is 10.2. The summed E-state index contributed by atoms with van der Waals surface area (Å²) in [5, 5.41) is 0. The number of hydrogen-bond acceptors (Lipinski definition) is 1.